The van der Waals surface area contributed by atoms with Gasteiger partial charge in [-0.25, -0.2) is 4.79 Å². The molecular weight excluding hydrogens is 574 g/mol. The van der Waals surface area contributed by atoms with E-state index in [2.05, 4.69) is 5.32 Å². The first-order chi connectivity index (χ1) is 18.0. The minimum atomic E-state index is -1.43. The van der Waals surface area contributed by atoms with Crippen LogP contribution in [0.2, 0.25) is 20.1 Å². The van der Waals surface area contributed by atoms with Gasteiger partial charge in [0.25, 0.3) is 17.7 Å². The number of esters is 1. The number of ether oxygens (including phenoxy) is 1. The molecule has 0 bridgehead atoms. The molecule has 3 aromatic carbocycles. The van der Waals surface area contributed by atoms with E-state index in [-0.39, 0.29) is 37.6 Å². The Morgan fingerprint density at radius 1 is 0.842 bits per heavy atom. The first kappa shape index (κ1) is 27.9. The number of nitrogens with one attached hydrogen (secondary N) is 1. The van der Waals surface area contributed by atoms with E-state index in [0.29, 0.717) is 16.2 Å². The third kappa shape index (κ3) is 5.24. The van der Waals surface area contributed by atoms with Crippen LogP contribution in [0, 0.1) is 13.8 Å². The first-order valence-electron chi connectivity index (χ1n) is 11.3. The van der Waals surface area contributed by atoms with E-state index in [1.807, 2.05) is 19.9 Å². The molecule has 1 aliphatic rings. The van der Waals surface area contributed by atoms with Crippen LogP contribution in [0.15, 0.2) is 48.5 Å². The van der Waals surface area contributed by atoms with Gasteiger partial charge < -0.3 is 10.1 Å². The van der Waals surface area contributed by atoms with Gasteiger partial charge in [-0.05, 0) is 36.6 Å². The highest BCUT2D eigenvalue weighted by atomic mass is 35.5. The molecule has 0 radical (unpaired) electrons. The molecular formula is C27H20Cl4N2O5. The Balaban J connectivity index is 1.61. The third-order valence-electron chi connectivity index (χ3n) is 6.21. The van der Waals surface area contributed by atoms with Crippen LogP contribution < -0.4 is 5.32 Å². The number of aryl methyl sites for hydroxylation is 1. The minimum absolute atomic E-state index is 0.0829. The van der Waals surface area contributed by atoms with Crippen molar-refractivity contribution in [2.45, 2.75) is 26.3 Å². The molecule has 0 fully saturated rings. The largest absolute Gasteiger partial charge is 0.454 e. The Hall–Kier alpha value is -3.10. The molecule has 38 heavy (non-hydrogen) atoms. The number of benzene rings is 3. The molecule has 0 spiro atoms. The number of imide groups is 1. The minimum Gasteiger partial charge on any atom is -0.454 e. The van der Waals surface area contributed by atoms with Gasteiger partial charge >= 0.3 is 5.97 Å². The Kier molecular flexibility index (Phi) is 8.33. The fourth-order valence-corrected chi connectivity index (χ4v) is 5.09. The van der Waals surface area contributed by atoms with Crippen LogP contribution in [0.25, 0.3) is 0 Å². The summed E-state index contributed by atoms with van der Waals surface area (Å²) >= 11 is 24.7. The number of carbonyl (C=O) groups is 4. The molecule has 0 aliphatic carbocycles. The number of amides is 3. The summed E-state index contributed by atoms with van der Waals surface area (Å²) < 4.78 is 5.28. The van der Waals surface area contributed by atoms with Gasteiger partial charge in [-0.15, -0.1) is 0 Å². The quantitative estimate of drug-likeness (QED) is 0.150. The van der Waals surface area contributed by atoms with Gasteiger partial charge in [-0.1, -0.05) is 88.9 Å². The van der Waals surface area contributed by atoms with Crippen LogP contribution in [0.4, 0.5) is 5.69 Å². The number of carbonyl (C=O) groups excluding carboxylic acids is 4. The Morgan fingerprint density at radius 3 is 2.00 bits per heavy atom. The highest BCUT2D eigenvalue weighted by Crippen LogP contribution is 2.45. The van der Waals surface area contributed by atoms with Crippen LogP contribution in [-0.4, -0.2) is 41.2 Å². The van der Waals surface area contributed by atoms with E-state index < -0.39 is 36.3 Å². The van der Waals surface area contributed by atoms with E-state index in [1.165, 1.54) is 0 Å². The van der Waals surface area contributed by atoms with Gasteiger partial charge in [0.05, 0.1) is 31.2 Å². The molecule has 4 rings (SSSR count). The smallest absolute Gasteiger partial charge is 0.330 e. The molecule has 1 atom stereocenters. The number of fused-ring (bicyclic) bond motifs is 1. The number of halogens is 4. The predicted octanol–water partition coefficient (Wildman–Crippen LogP) is 6.31. The van der Waals surface area contributed by atoms with E-state index >= 15 is 0 Å². The Bertz CT molecular complexity index is 1430. The van der Waals surface area contributed by atoms with Crippen LogP contribution in [0.3, 0.4) is 0 Å². The average Bonchev–Trinajstić information content (AvgIpc) is 3.16. The summed E-state index contributed by atoms with van der Waals surface area (Å²) in [6.45, 7) is 3.11. The van der Waals surface area contributed by atoms with Crippen molar-refractivity contribution in [1.29, 1.82) is 0 Å². The summed E-state index contributed by atoms with van der Waals surface area (Å²) in [7, 11) is 0. The Labute approximate surface area is 238 Å². The zero-order chi connectivity index (χ0) is 27.7. The number of nitrogens with zero attached hydrogens (tertiary/aromatic N) is 1. The molecule has 11 heteroatoms. The maximum absolute atomic E-state index is 13.4. The van der Waals surface area contributed by atoms with Crippen LogP contribution in [-0.2, 0) is 20.7 Å². The van der Waals surface area contributed by atoms with Crippen LogP contribution in [0.5, 0.6) is 0 Å². The lowest BCUT2D eigenvalue weighted by Crippen LogP contribution is -2.47. The number of rotatable bonds is 7. The fourth-order valence-electron chi connectivity index (χ4n) is 4.07. The molecule has 0 unspecified atom stereocenters. The van der Waals surface area contributed by atoms with E-state index in [4.69, 9.17) is 51.1 Å². The summed E-state index contributed by atoms with van der Waals surface area (Å²) in [6, 6.07) is 12.7. The second-order valence-electron chi connectivity index (χ2n) is 8.60. The molecule has 0 aromatic heterocycles. The normalized spacial score (nSPS) is 13.4. The number of hydrogen-bond donors (Lipinski definition) is 1. The highest BCUT2D eigenvalue weighted by Gasteiger charge is 2.47. The zero-order valence-corrected chi connectivity index (χ0v) is 23.1. The van der Waals surface area contributed by atoms with E-state index in [9.17, 15) is 19.2 Å². The van der Waals surface area contributed by atoms with Gasteiger partial charge in [-0.3, -0.25) is 19.3 Å². The van der Waals surface area contributed by atoms with Crippen molar-refractivity contribution in [1.82, 2.24) is 4.90 Å². The van der Waals surface area contributed by atoms with Crippen molar-refractivity contribution >= 4 is 75.8 Å². The molecule has 3 aromatic rings. The van der Waals surface area contributed by atoms with Crippen molar-refractivity contribution < 1.29 is 23.9 Å². The van der Waals surface area contributed by atoms with Crippen molar-refractivity contribution in [3.05, 3.63) is 96.4 Å². The molecule has 1 N–H and O–H groups in total. The highest BCUT2D eigenvalue weighted by molar-refractivity contribution is 6.55. The first-order valence-corrected chi connectivity index (χ1v) is 12.8. The monoisotopic (exact) mass is 592 g/mol. The Morgan fingerprint density at radius 2 is 1.42 bits per heavy atom. The topological polar surface area (TPSA) is 92.8 Å². The van der Waals surface area contributed by atoms with Gasteiger partial charge in [0.2, 0.25) is 0 Å². The summed E-state index contributed by atoms with van der Waals surface area (Å²) in [5, 5.41) is 1.81. The lowest BCUT2D eigenvalue weighted by Gasteiger charge is -2.24. The zero-order valence-electron chi connectivity index (χ0n) is 20.1. The van der Waals surface area contributed by atoms with Crippen LogP contribution >= 0.6 is 46.4 Å². The van der Waals surface area contributed by atoms with Gasteiger partial charge in [0.1, 0.15) is 6.04 Å². The lowest BCUT2D eigenvalue weighted by atomic mass is 10.0. The molecule has 0 saturated heterocycles. The molecule has 196 valence electrons. The van der Waals surface area contributed by atoms with E-state index in [0.717, 1.165) is 11.1 Å². The van der Waals surface area contributed by atoms with Crippen molar-refractivity contribution in [2.24, 2.45) is 0 Å². The van der Waals surface area contributed by atoms with Gasteiger partial charge in [0.15, 0.2) is 6.61 Å². The number of hydrogen-bond acceptors (Lipinski definition) is 5. The van der Waals surface area contributed by atoms with Gasteiger partial charge in [0, 0.05) is 12.1 Å². The molecule has 0 saturated carbocycles. The van der Waals surface area contributed by atoms with Crippen molar-refractivity contribution in [3.63, 3.8) is 0 Å². The second-order valence-corrected chi connectivity index (χ2v) is 10.1. The average molecular weight is 594 g/mol. The van der Waals surface area contributed by atoms with E-state index in [1.54, 1.807) is 42.5 Å². The van der Waals surface area contributed by atoms with Crippen molar-refractivity contribution in [2.75, 3.05) is 11.9 Å². The van der Waals surface area contributed by atoms with Crippen molar-refractivity contribution in [3.8, 4) is 0 Å². The second kappa shape index (κ2) is 11.3. The maximum Gasteiger partial charge on any atom is 0.330 e. The molecule has 1 heterocycles. The molecule has 3 amide bonds. The van der Waals surface area contributed by atoms with Crippen LogP contribution in [0.1, 0.15) is 37.4 Å². The standard InChI is InChI=1S/C27H20Cl4N2O5/c1-13-7-6-10-16(14(13)2)32-18(34)12-38-27(37)17(11-15-8-4-3-5-9-15)33-25(35)19-20(26(33)36)22(29)24(31)23(30)21(19)28/h3-10,17H,11-12H2,1-2H3,(H,32,34)/t17-/m1/s1. The summed E-state index contributed by atoms with van der Waals surface area (Å²) in [5.74, 6) is -3.32. The third-order valence-corrected chi connectivity index (χ3v) is 8.01. The SMILES string of the molecule is Cc1cccc(NC(=O)COC(=O)[C@@H](Cc2ccccc2)N2C(=O)c3c(Cl)c(Cl)c(Cl)c(Cl)c3C2=O)c1C. The molecule has 7 nitrogen and oxygen atoms in total. The summed E-state index contributed by atoms with van der Waals surface area (Å²) in [5.41, 5.74) is 2.55. The maximum atomic E-state index is 13.4. The lowest BCUT2D eigenvalue weighted by molar-refractivity contribution is -0.151. The van der Waals surface area contributed by atoms with Gasteiger partial charge in [-0.2, -0.15) is 0 Å². The predicted molar refractivity (Wildman–Crippen MR) is 146 cm³/mol. The summed E-state index contributed by atoms with van der Waals surface area (Å²) in [4.78, 5) is 53.4. The molecule has 1 aliphatic heterocycles. The fraction of sp³-hybridized carbons (Fsp3) is 0.185. The summed E-state index contributed by atoms with van der Waals surface area (Å²) in [6.07, 6.45) is -0.0829. The number of anilines is 1.